The van der Waals surface area contributed by atoms with Crippen LogP contribution in [0, 0.1) is 5.41 Å². The molecule has 1 aliphatic rings. The van der Waals surface area contributed by atoms with Gasteiger partial charge >= 0.3 is 21.6 Å². The molecule has 0 bridgehead atoms. The molecule has 2 rings (SSSR count). The van der Waals surface area contributed by atoms with Gasteiger partial charge in [-0.1, -0.05) is 6.07 Å². The molecule has 0 spiro atoms. The highest BCUT2D eigenvalue weighted by atomic mass is 32.2. The van der Waals surface area contributed by atoms with Gasteiger partial charge in [0.1, 0.15) is 11.2 Å². The van der Waals surface area contributed by atoms with Crippen molar-refractivity contribution in [2.45, 2.75) is 38.1 Å². The number of hydrogen-bond donors (Lipinski definition) is 0. The fourth-order valence-electron chi connectivity index (χ4n) is 3.41. The van der Waals surface area contributed by atoms with E-state index >= 15 is 0 Å². The van der Waals surface area contributed by atoms with Crippen molar-refractivity contribution < 1.29 is 44.8 Å². The van der Waals surface area contributed by atoms with Crippen LogP contribution in [0.1, 0.15) is 31.7 Å². The lowest BCUT2D eigenvalue weighted by Gasteiger charge is -2.34. The largest absolute Gasteiger partial charge is 0.534 e. The fourth-order valence-corrected chi connectivity index (χ4v) is 4.02. The first-order valence-corrected chi connectivity index (χ1v) is 10.3. The molecule has 0 amide bonds. The minimum atomic E-state index is -5.97. The number of methoxy groups -OCH3 is 3. The van der Waals surface area contributed by atoms with E-state index in [0.29, 0.717) is 23.5 Å². The Morgan fingerprint density at radius 3 is 2.30 bits per heavy atom. The van der Waals surface area contributed by atoms with Crippen LogP contribution in [0.2, 0.25) is 0 Å². The number of hydrogen-bond acceptors (Lipinski definition) is 7. The summed E-state index contributed by atoms with van der Waals surface area (Å²) in [7, 11) is -2.01. The maximum Gasteiger partial charge on any atom is 0.534 e. The van der Waals surface area contributed by atoms with E-state index in [-0.39, 0.29) is 24.8 Å². The third kappa shape index (κ3) is 4.66. The van der Waals surface area contributed by atoms with Gasteiger partial charge in [-0.05, 0) is 55.9 Å². The summed E-state index contributed by atoms with van der Waals surface area (Å²) in [5.41, 5.74) is -6.43. The second-order valence-electron chi connectivity index (χ2n) is 6.96. The zero-order chi connectivity index (χ0) is 22.7. The molecule has 0 saturated heterocycles. The molecule has 0 radical (unpaired) electrons. The van der Waals surface area contributed by atoms with Crippen molar-refractivity contribution in [1.82, 2.24) is 0 Å². The third-order valence-electron chi connectivity index (χ3n) is 4.96. The van der Waals surface area contributed by atoms with E-state index in [4.69, 9.17) is 14.2 Å². The number of carbonyl (C=O) groups is 1. The molecule has 0 aromatic heterocycles. The van der Waals surface area contributed by atoms with Gasteiger partial charge in [-0.3, -0.25) is 4.79 Å². The highest BCUT2D eigenvalue weighted by Crippen LogP contribution is 2.45. The minimum Gasteiger partial charge on any atom is -0.493 e. The molecule has 30 heavy (non-hydrogen) atoms. The van der Waals surface area contributed by atoms with E-state index in [1.54, 1.807) is 18.2 Å². The van der Waals surface area contributed by atoms with Gasteiger partial charge in [-0.2, -0.15) is 21.6 Å². The number of halogens is 3. The first-order chi connectivity index (χ1) is 13.9. The van der Waals surface area contributed by atoms with E-state index in [1.165, 1.54) is 21.1 Å². The van der Waals surface area contributed by atoms with Crippen LogP contribution in [0.15, 0.2) is 29.5 Å². The summed E-state index contributed by atoms with van der Waals surface area (Å²) in [5.74, 6) is -0.575. The summed E-state index contributed by atoms with van der Waals surface area (Å²) in [6.45, 7) is 1.31. The number of carbonyl (C=O) groups excluding carboxylic acids is 1. The molecule has 1 unspecified atom stereocenters. The number of rotatable bonds is 7. The van der Waals surface area contributed by atoms with E-state index in [1.807, 2.05) is 0 Å². The Hall–Kier alpha value is -2.43. The van der Waals surface area contributed by atoms with Crippen LogP contribution in [0.5, 0.6) is 11.5 Å². The van der Waals surface area contributed by atoms with E-state index in [0.717, 1.165) is 7.11 Å². The lowest BCUT2D eigenvalue weighted by molar-refractivity contribution is -0.151. The minimum absolute atomic E-state index is 0.0512. The fraction of sp³-hybridized carbons (Fsp3) is 0.526. The van der Waals surface area contributed by atoms with Crippen LogP contribution < -0.4 is 9.47 Å². The van der Waals surface area contributed by atoms with Crippen LogP contribution in [0.4, 0.5) is 13.2 Å². The first-order valence-electron chi connectivity index (χ1n) is 8.92. The SMILES string of the molecule is COC(=O)C1(C)CCCC(Cc2ccc(OC)c(OC)c2)=C1OS(=O)(=O)C(F)(F)F. The van der Waals surface area contributed by atoms with Crippen LogP contribution in [-0.2, 0) is 30.3 Å². The molecule has 1 atom stereocenters. The Bertz CT molecular complexity index is 938. The maximum absolute atomic E-state index is 13.0. The topological polar surface area (TPSA) is 88.1 Å². The van der Waals surface area contributed by atoms with Crippen molar-refractivity contribution >= 4 is 16.1 Å². The summed E-state index contributed by atoms with van der Waals surface area (Å²) >= 11 is 0. The summed E-state index contributed by atoms with van der Waals surface area (Å²) in [6.07, 6.45) is 0.824. The molecular formula is C19H23F3O7S. The van der Waals surface area contributed by atoms with E-state index in [9.17, 15) is 26.4 Å². The maximum atomic E-state index is 13.0. The monoisotopic (exact) mass is 452 g/mol. The quantitative estimate of drug-likeness (QED) is 0.354. The van der Waals surface area contributed by atoms with Crippen LogP contribution in [0.3, 0.4) is 0 Å². The number of esters is 1. The van der Waals surface area contributed by atoms with Gasteiger partial charge < -0.3 is 18.4 Å². The van der Waals surface area contributed by atoms with Crippen LogP contribution in [-0.4, -0.2) is 41.2 Å². The molecule has 11 heteroatoms. The van der Waals surface area contributed by atoms with Gasteiger partial charge in [-0.25, -0.2) is 0 Å². The Kier molecular flexibility index (Phi) is 6.95. The normalized spacial score (nSPS) is 20.0. The predicted octanol–water partition coefficient (Wildman–Crippen LogP) is 3.73. The summed E-state index contributed by atoms with van der Waals surface area (Å²) in [5, 5.41) is 0. The third-order valence-corrected chi connectivity index (χ3v) is 5.91. The van der Waals surface area contributed by atoms with Crippen molar-refractivity contribution in [3.63, 3.8) is 0 Å². The van der Waals surface area contributed by atoms with Crippen molar-refractivity contribution in [2.24, 2.45) is 5.41 Å². The highest BCUT2D eigenvalue weighted by Gasteiger charge is 2.53. The van der Waals surface area contributed by atoms with Gasteiger partial charge in [0.25, 0.3) is 0 Å². The number of alkyl halides is 3. The smallest absolute Gasteiger partial charge is 0.493 e. The zero-order valence-electron chi connectivity index (χ0n) is 17.0. The molecular weight excluding hydrogens is 429 g/mol. The molecule has 1 aliphatic carbocycles. The zero-order valence-corrected chi connectivity index (χ0v) is 17.8. The lowest BCUT2D eigenvalue weighted by atomic mass is 9.75. The number of allylic oxidation sites excluding steroid dienone is 1. The molecule has 1 aromatic carbocycles. The summed E-state index contributed by atoms with van der Waals surface area (Å²) in [6, 6.07) is 4.89. The van der Waals surface area contributed by atoms with E-state index < -0.39 is 32.8 Å². The molecule has 0 aliphatic heterocycles. The highest BCUT2D eigenvalue weighted by molar-refractivity contribution is 7.87. The average Bonchev–Trinajstić information content (AvgIpc) is 2.68. The van der Waals surface area contributed by atoms with Crippen molar-refractivity contribution in [2.75, 3.05) is 21.3 Å². The molecule has 0 heterocycles. The molecule has 0 N–H and O–H groups in total. The second-order valence-corrected chi connectivity index (χ2v) is 8.50. The number of ether oxygens (including phenoxy) is 3. The molecule has 7 nitrogen and oxygen atoms in total. The summed E-state index contributed by atoms with van der Waals surface area (Å²) < 4.78 is 82.0. The Morgan fingerprint density at radius 2 is 1.77 bits per heavy atom. The Morgan fingerprint density at radius 1 is 1.13 bits per heavy atom. The molecule has 0 saturated carbocycles. The predicted molar refractivity (Wildman–Crippen MR) is 100 cm³/mol. The van der Waals surface area contributed by atoms with Gasteiger partial charge in [0.2, 0.25) is 0 Å². The Labute approximate surface area is 172 Å². The molecule has 0 fully saturated rings. The first kappa shape index (κ1) is 23.8. The van der Waals surface area contributed by atoms with Gasteiger partial charge in [0, 0.05) is 0 Å². The van der Waals surface area contributed by atoms with Crippen molar-refractivity contribution in [3.8, 4) is 11.5 Å². The van der Waals surface area contributed by atoms with Crippen LogP contribution in [0.25, 0.3) is 0 Å². The summed E-state index contributed by atoms with van der Waals surface area (Å²) in [4.78, 5) is 12.4. The second kappa shape index (κ2) is 8.75. The Balaban J connectivity index is 2.58. The molecule has 168 valence electrons. The van der Waals surface area contributed by atoms with Gasteiger partial charge in [0.15, 0.2) is 11.5 Å². The lowest BCUT2D eigenvalue weighted by Crippen LogP contribution is -2.38. The van der Waals surface area contributed by atoms with Gasteiger partial charge in [0.05, 0.1) is 21.3 Å². The van der Waals surface area contributed by atoms with Crippen molar-refractivity contribution in [3.05, 3.63) is 35.1 Å². The van der Waals surface area contributed by atoms with E-state index in [2.05, 4.69) is 4.18 Å². The molecule has 1 aromatic rings. The van der Waals surface area contributed by atoms with Gasteiger partial charge in [-0.15, -0.1) is 0 Å². The standard InChI is InChI=1S/C19H23F3O7S/c1-18(17(23)28-4)9-5-6-13(16(18)29-30(24,25)19(20,21)22)10-12-7-8-14(26-2)15(11-12)27-3/h7-8,11H,5-6,9-10H2,1-4H3. The number of benzene rings is 1. The van der Waals surface area contributed by atoms with Crippen LogP contribution >= 0.6 is 0 Å². The average molecular weight is 452 g/mol. The van der Waals surface area contributed by atoms with Crippen molar-refractivity contribution in [1.29, 1.82) is 0 Å².